The van der Waals surface area contributed by atoms with Crippen LogP contribution >= 0.6 is 22.9 Å². The zero-order chi connectivity index (χ0) is 8.72. The molecule has 0 fully saturated rings. The summed E-state index contributed by atoms with van der Waals surface area (Å²) < 4.78 is 2.02. The second-order valence-electron chi connectivity index (χ2n) is 2.74. The lowest BCUT2D eigenvalue weighted by atomic mass is 10.1. The first-order valence-corrected chi connectivity index (χ1v) is 4.82. The van der Waals surface area contributed by atoms with Gasteiger partial charge in [0.05, 0.1) is 4.34 Å². The van der Waals surface area contributed by atoms with E-state index in [9.17, 15) is 0 Å². The van der Waals surface area contributed by atoms with Crippen LogP contribution in [0.15, 0.2) is 18.2 Å². The Morgan fingerprint density at radius 1 is 1.42 bits per heavy atom. The van der Waals surface area contributed by atoms with E-state index in [4.69, 9.17) is 17.3 Å². The quantitative estimate of drug-likeness (QED) is 0.644. The standard InChI is InChI=1S/C9H8ClNS/c1-5-6-4-9(10)12-8(6)3-2-7(5)11/h2-4H,11H2,1H3. The summed E-state index contributed by atoms with van der Waals surface area (Å²) in [6.07, 6.45) is 0. The van der Waals surface area contributed by atoms with E-state index in [2.05, 4.69) is 0 Å². The third-order valence-corrected chi connectivity index (χ3v) is 3.21. The first kappa shape index (κ1) is 7.90. The molecule has 0 aliphatic rings. The van der Waals surface area contributed by atoms with Crippen LogP contribution in [0.3, 0.4) is 0 Å². The third kappa shape index (κ3) is 1.08. The number of aryl methyl sites for hydroxylation is 1. The number of nitrogens with two attached hydrogens (primary N) is 1. The minimum absolute atomic E-state index is 0.818. The van der Waals surface area contributed by atoms with Gasteiger partial charge in [0, 0.05) is 10.4 Å². The smallest absolute Gasteiger partial charge is 0.0940 e. The Balaban J connectivity index is 2.89. The molecule has 0 saturated carbocycles. The second-order valence-corrected chi connectivity index (χ2v) is 4.46. The number of thiophene rings is 1. The fraction of sp³-hybridized carbons (Fsp3) is 0.111. The van der Waals surface area contributed by atoms with Crippen molar-refractivity contribution in [1.82, 2.24) is 0 Å². The fourth-order valence-electron chi connectivity index (χ4n) is 1.24. The Morgan fingerprint density at radius 3 is 2.92 bits per heavy atom. The third-order valence-electron chi connectivity index (χ3n) is 1.98. The maximum absolute atomic E-state index is 5.89. The molecule has 1 nitrogen and oxygen atoms in total. The van der Waals surface area contributed by atoms with Crippen molar-refractivity contribution in [3.05, 3.63) is 28.1 Å². The van der Waals surface area contributed by atoms with Gasteiger partial charge in [-0.15, -0.1) is 11.3 Å². The van der Waals surface area contributed by atoms with Crippen LogP contribution in [-0.2, 0) is 0 Å². The molecule has 1 aromatic carbocycles. The number of rotatable bonds is 0. The molecule has 0 bridgehead atoms. The minimum Gasteiger partial charge on any atom is -0.398 e. The van der Waals surface area contributed by atoms with Crippen LogP contribution in [0.25, 0.3) is 10.1 Å². The maximum Gasteiger partial charge on any atom is 0.0940 e. The van der Waals surface area contributed by atoms with Gasteiger partial charge in [-0.2, -0.15) is 0 Å². The molecule has 0 atom stereocenters. The van der Waals surface area contributed by atoms with Crippen LogP contribution in [0.2, 0.25) is 4.34 Å². The van der Waals surface area contributed by atoms with E-state index in [0.29, 0.717) is 0 Å². The molecule has 62 valence electrons. The highest BCUT2D eigenvalue weighted by atomic mass is 35.5. The van der Waals surface area contributed by atoms with E-state index in [1.807, 2.05) is 25.1 Å². The molecule has 0 unspecified atom stereocenters. The molecule has 3 heteroatoms. The number of halogens is 1. The molecule has 0 aliphatic heterocycles. The summed E-state index contributed by atoms with van der Waals surface area (Å²) >= 11 is 7.47. The summed E-state index contributed by atoms with van der Waals surface area (Å²) in [5.74, 6) is 0. The van der Waals surface area contributed by atoms with E-state index in [1.54, 1.807) is 11.3 Å². The highest BCUT2D eigenvalue weighted by molar-refractivity contribution is 7.22. The van der Waals surface area contributed by atoms with Crippen LogP contribution in [0.5, 0.6) is 0 Å². The molecule has 2 aromatic rings. The Hall–Kier alpha value is -0.730. The van der Waals surface area contributed by atoms with E-state index in [-0.39, 0.29) is 0 Å². The Morgan fingerprint density at radius 2 is 2.17 bits per heavy atom. The number of hydrogen-bond donors (Lipinski definition) is 1. The lowest BCUT2D eigenvalue weighted by Gasteiger charge is -1.99. The van der Waals surface area contributed by atoms with Crippen LogP contribution in [0.4, 0.5) is 5.69 Å². The second kappa shape index (κ2) is 2.64. The summed E-state index contributed by atoms with van der Waals surface area (Å²) in [6.45, 7) is 2.01. The highest BCUT2D eigenvalue weighted by Crippen LogP contribution is 2.33. The molecule has 0 radical (unpaired) electrons. The highest BCUT2D eigenvalue weighted by Gasteiger charge is 2.03. The minimum atomic E-state index is 0.818. The first-order chi connectivity index (χ1) is 5.68. The van der Waals surface area contributed by atoms with Gasteiger partial charge in [0.15, 0.2) is 0 Å². The molecule has 0 saturated heterocycles. The van der Waals surface area contributed by atoms with Crippen molar-refractivity contribution in [2.75, 3.05) is 5.73 Å². The number of anilines is 1. The Kier molecular flexibility index (Phi) is 1.74. The summed E-state index contributed by atoms with van der Waals surface area (Å²) in [5.41, 5.74) is 7.71. The molecule has 0 aliphatic carbocycles. The maximum atomic E-state index is 5.89. The predicted octanol–water partition coefficient (Wildman–Crippen LogP) is 3.45. The zero-order valence-corrected chi connectivity index (χ0v) is 8.17. The molecule has 2 rings (SSSR count). The molecule has 0 amide bonds. The van der Waals surface area contributed by atoms with Crippen LogP contribution in [0, 0.1) is 6.92 Å². The van der Waals surface area contributed by atoms with Crippen molar-refractivity contribution < 1.29 is 0 Å². The summed E-state index contributed by atoms with van der Waals surface area (Å²) in [4.78, 5) is 0. The lowest BCUT2D eigenvalue weighted by molar-refractivity contribution is 1.54. The molecule has 12 heavy (non-hydrogen) atoms. The van der Waals surface area contributed by atoms with Gasteiger partial charge in [-0.25, -0.2) is 0 Å². The molecule has 1 heterocycles. The van der Waals surface area contributed by atoms with Gasteiger partial charge < -0.3 is 5.73 Å². The van der Waals surface area contributed by atoms with E-state index < -0.39 is 0 Å². The molecule has 0 spiro atoms. The van der Waals surface area contributed by atoms with Crippen LogP contribution < -0.4 is 5.73 Å². The average molecular weight is 198 g/mol. The Labute approximate surface area is 79.8 Å². The average Bonchev–Trinajstić information content (AvgIpc) is 2.39. The largest absolute Gasteiger partial charge is 0.398 e. The summed E-state index contributed by atoms with van der Waals surface area (Å²) in [7, 11) is 0. The predicted molar refractivity (Wildman–Crippen MR) is 56.0 cm³/mol. The van der Waals surface area contributed by atoms with Crippen molar-refractivity contribution in [3.63, 3.8) is 0 Å². The SMILES string of the molecule is Cc1c(N)ccc2sc(Cl)cc12. The van der Waals surface area contributed by atoms with Crippen molar-refractivity contribution >= 4 is 38.7 Å². The van der Waals surface area contributed by atoms with Crippen molar-refractivity contribution in [2.24, 2.45) is 0 Å². The van der Waals surface area contributed by atoms with Crippen LogP contribution in [0.1, 0.15) is 5.56 Å². The van der Waals surface area contributed by atoms with Gasteiger partial charge in [-0.3, -0.25) is 0 Å². The van der Waals surface area contributed by atoms with E-state index >= 15 is 0 Å². The van der Waals surface area contributed by atoms with Gasteiger partial charge in [-0.05, 0) is 36.1 Å². The topological polar surface area (TPSA) is 26.0 Å². The van der Waals surface area contributed by atoms with Gasteiger partial charge in [0.25, 0.3) is 0 Å². The van der Waals surface area contributed by atoms with E-state index in [0.717, 1.165) is 15.6 Å². The molecule has 2 N–H and O–H groups in total. The van der Waals surface area contributed by atoms with Gasteiger partial charge in [0.1, 0.15) is 0 Å². The van der Waals surface area contributed by atoms with Crippen molar-refractivity contribution in [1.29, 1.82) is 0 Å². The van der Waals surface area contributed by atoms with Crippen LogP contribution in [-0.4, -0.2) is 0 Å². The monoisotopic (exact) mass is 197 g/mol. The van der Waals surface area contributed by atoms with Gasteiger partial charge >= 0.3 is 0 Å². The van der Waals surface area contributed by atoms with Gasteiger partial charge in [0.2, 0.25) is 0 Å². The number of hydrogen-bond acceptors (Lipinski definition) is 2. The van der Waals surface area contributed by atoms with E-state index in [1.165, 1.54) is 10.1 Å². The van der Waals surface area contributed by atoms with Crippen molar-refractivity contribution in [2.45, 2.75) is 6.92 Å². The summed E-state index contributed by atoms with van der Waals surface area (Å²) in [6, 6.07) is 5.89. The zero-order valence-electron chi connectivity index (χ0n) is 6.60. The first-order valence-electron chi connectivity index (χ1n) is 3.62. The molecular formula is C9H8ClNS. The lowest BCUT2D eigenvalue weighted by Crippen LogP contribution is -1.87. The number of nitrogen functional groups attached to an aromatic ring is 1. The number of benzene rings is 1. The fourth-order valence-corrected chi connectivity index (χ4v) is 2.44. The molecule has 1 aromatic heterocycles. The van der Waals surface area contributed by atoms with Crippen molar-refractivity contribution in [3.8, 4) is 0 Å². The number of fused-ring (bicyclic) bond motifs is 1. The normalized spacial score (nSPS) is 10.8. The Bertz CT molecular complexity index is 433. The summed E-state index contributed by atoms with van der Waals surface area (Å²) in [5, 5.41) is 1.17. The van der Waals surface area contributed by atoms with Gasteiger partial charge in [-0.1, -0.05) is 11.6 Å². The molecular weight excluding hydrogens is 190 g/mol.